The lowest BCUT2D eigenvalue weighted by atomic mass is 10.0. The highest BCUT2D eigenvalue weighted by Crippen LogP contribution is 2.13. The third-order valence-electron chi connectivity index (χ3n) is 2.97. The molecular weight excluding hydrogens is 260 g/mol. The molecule has 1 aromatic rings. The average molecular weight is 280 g/mol. The zero-order valence-electron chi connectivity index (χ0n) is 11.8. The minimum absolute atomic E-state index is 0.0000345. The van der Waals surface area contributed by atoms with E-state index in [1.54, 1.807) is 19.1 Å². The molecule has 0 aliphatic carbocycles. The van der Waals surface area contributed by atoms with Crippen molar-refractivity contribution >= 4 is 11.6 Å². The monoisotopic (exact) mass is 280 g/mol. The van der Waals surface area contributed by atoms with Crippen LogP contribution < -0.4 is 5.32 Å². The number of aliphatic hydroxyl groups is 1. The molecule has 1 aromatic carbocycles. The average Bonchev–Trinajstić information content (AvgIpc) is 2.37. The third kappa shape index (κ3) is 5.36. The number of non-ortho nitro benzene ring substituents is 1. The van der Waals surface area contributed by atoms with Gasteiger partial charge in [0, 0.05) is 18.7 Å². The van der Waals surface area contributed by atoms with Crippen LogP contribution in [0, 0.1) is 10.1 Å². The molecule has 0 radical (unpaired) electrons. The number of carbonyl (C=O) groups excluding carboxylic acids is 1. The number of carbonyl (C=O) groups is 1. The summed E-state index contributed by atoms with van der Waals surface area (Å²) in [5.74, 6) is -0.213. The fraction of sp³-hybridized carbons (Fsp3) is 0.500. The Morgan fingerprint density at radius 3 is 2.50 bits per heavy atom. The number of nitrogens with one attached hydrogen (secondary N) is 1. The maximum absolute atomic E-state index is 11.7. The van der Waals surface area contributed by atoms with E-state index in [0.29, 0.717) is 12.0 Å². The van der Waals surface area contributed by atoms with Crippen LogP contribution in [0.2, 0.25) is 0 Å². The van der Waals surface area contributed by atoms with Crippen LogP contribution in [-0.2, 0) is 11.2 Å². The normalized spacial score (nSPS) is 13.6. The summed E-state index contributed by atoms with van der Waals surface area (Å²) >= 11 is 0. The van der Waals surface area contributed by atoms with Gasteiger partial charge in [-0.2, -0.15) is 0 Å². The van der Waals surface area contributed by atoms with Gasteiger partial charge in [0.15, 0.2) is 0 Å². The summed E-state index contributed by atoms with van der Waals surface area (Å²) in [6.07, 6.45) is 1.59. The molecule has 0 heterocycles. The molecule has 1 rings (SSSR count). The molecule has 6 heteroatoms. The number of hydrogen-bond acceptors (Lipinski definition) is 4. The van der Waals surface area contributed by atoms with Crippen LogP contribution in [0.3, 0.4) is 0 Å². The van der Waals surface area contributed by atoms with Crippen LogP contribution in [0.1, 0.15) is 32.3 Å². The van der Waals surface area contributed by atoms with E-state index in [9.17, 15) is 20.0 Å². The summed E-state index contributed by atoms with van der Waals surface area (Å²) in [5.41, 5.74) is -0.205. The van der Waals surface area contributed by atoms with Gasteiger partial charge in [-0.1, -0.05) is 25.5 Å². The molecule has 6 nitrogen and oxygen atoms in total. The second-order valence-corrected chi connectivity index (χ2v) is 5.12. The van der Waals surface area contributed by atoms with Gasteiger partial charge in [0.05, 0.1) is 16.9 Å². The van der Waals surface area contributed by atoms with Crippen LogP contribution in [-0.4, -0.2) is 28.1 Å². The van der Waals surface area contributed by atoms with Gasteiger partial charge in [-0.25, -0.2) is 0 Å². The van der Waals surface area contributed by atoms with Crippen molar-refractivity contribution in [1.29, 1.82) is 0 Å². The van der Waals surface area contributed by atoms with E-state index in [4.69, 9.17) is 0 Å². The Balaban J connectivity index is 2.48. The van der Waals surface area contributed by atoms with Crippen molar-refractivity contribution in [2.24, 2.45) is 0 Å². The molecule has 0 aliphatic heterocycles. The van der Waals surface area contributed by atoms with Gasteiger partial charge in [-0.05, 0) is 18.9 Å². The molecule has 110 valence electrons. The van der Waals surface area contributed by atoms with Gasteiger partial charge in [0.25, 0.3) is 5.69 Å². The van der Waals surface area contributed by atoms with Gasteiger partial charge in [-0.15, -0.1) is 0 Å². The van der Waals surface area contributed by atoms with E-state index in [-0.39, 0.29) is 24.6 Å². The molecule has 0 bridgehead atoms. The molecule has 1 atom stereocenters. The van der Waals surface area contributed by atoms with Gasteiger partial charge in [-0.3, -0.25) is 14.9 Å². The minimum atomic E-state index is -0.903. The molecule has 0 saturated carbocycles. The molecule has 0 spiro atoms. The minimum Gasteiger partial charge on any atom is -0.388 e. The SMILES string of the molecule is CCCC(C)(O)CNC(=O)Cc1ccc([N+](=O)[O-])cc1. The Bertz CT molecular complexity index is 469. The van der Waals surface area contributed by atoms with E-state index in [1.165, 1.54) is 12.1 Å². The quantitative estimate of drug-likeness (QED) is 0.588. The first-order valence-corrected chi connectivity index (χ1v) is 6.56. The highest BCUT2D eigenvalue weighted by Gasteiger charge is 2.19. The smallest absolute Gasteiger partial charge is 0.269 e. The Hall–Kier alpha value is -1.95. The lowest BCUT2D eigenvalue weighted by Gasteiger charge is -2.22. The Morgan fingerprint density at radius 2 is 2.00 bits per heavy atom. The van der Waals surface area contributed by atoms with Gasteiger partial charge in [0.2, 0.25) is 5.91 Å². The first kappa shape index (κ1) is 16.1. The van der Waals surface area contributed by atoms with Gasteiger partial charge < -0.3 is 10.4 Å². The third-order valence-corrected chi connectivity index (χ3v) is 2.97. The largest absolute Gasteiger partial charge is 0.388 e. The Labute approximate surface area is 118 Å². The van der Waals surface area contributed by atoms with Crippen molar-refractivity contribution in [3.05, 3.63) is 39.9 Å². The lowest BCUT2D eigenvalue weighted by Crippen LogP contribution is -2.41. The first-order chi connectivity index (χ1) is 9.34. The van der Waals surface area contributed by atoms with Crippen molar-refractivity contribution in [2.45, 2.75) is 38.7 Å². The molecular formula is C14H20N2O4. The number of nitro groups is 1. The molecule has 0 saturated heterocycles. The molecule has 0 fully saturated rings. The summed E-state index contributed by atoms with van der Waals surface area (Å²) in [6.45, 7) is 3.85. The van der Waals surface area contributed by atoms with E-state index in [1.807, 2.05) is 6.92 Å². The summed E-state index contributed by atoms with van der Waals surface area (Å²) in [4.78, 5) is 21.8. The summed E-state index contributed by atoms with van der Waals surface area (Å²) in [6, 6.07) is 5.86. The first-order valence-electron chi connectivity index (χ1n) is 6.56. The predicted octanol–water partition coefficient (Wildman–Crippen LogP) is 1.80. The standard InChI is InChI=1S/C14H20N2O4/c1-3-8-14(2,18)10-15-13(17)9-11-4-6-12(7-5-11)16(19)20/h4-7,18H,3,8-10H2,1-2H3,(H,15,17). The lowest BCUT2D eigenvalue weighted by molar-refractivity contribution is -0.384. The molecule has 1 amide bonds. The van der Waals surface area contributed by atoms with E-state index in [0.717, 1.165) is 6.42 Å². The molecule has 20 heavy (non-hydrogen) atoms. The zero-order chi connectivity index (χ0) is 15.2. The number of nitrogens with zero attached hydrogens (tertiary/aromatic N) is 1. The predicted molar refractivity (Wildman–Crippen MR) is 75.3 cm³/mol. The van der Waals surface area contributed by atoms with Crippen LogP contribution in [0.4, 0.5) is 5.69 Å². The maximum Gasteiger partial charge on any atom is 0.269 e. The second kappa shape index (κ2) is 7.00. The molecule has 2 N–H and O–H groups in total. The molecule has 1 unspecified atom stereocenters. The second-order valence-electron chi connectivity index (χ2n) is 5.12. The van der Waals surface area contributed by atoms with Gasteiger partial charge in [0.1, 0.15) is 0 Å². The van der Waals surface area contributed by atoms with Gasteiger partial charge >= 0.3 is 0 Å². The van der Waals surface area contributed by atoms with Crippen molar-refractivity contribution < 1.29 is 14.8 Å². The van der Waals surface area contributed by atoms with Crippen molar-refractivity contribution in [2.75, 3.05) is 6.54 Å². The van der Waals surface area contributed by atoms with Crippen molar-refractivity contribution in [1.82, 2.24) is 5.32 Å². The van der Waals surface area contributed by atoms with Crippen molar-refractivity contribution in [3.63, 3.8) is 0 Å². The number of hydrogen-bond donors (Lipinski definition) is 2. The van der Waals surface area contributed by atoms with E-state index < -0.39 is 10.5 Å². The topological polar surface area (TPSA) is 92.5 Å². The number of benzene rings is 1. The maximum atomic E-state index is 11.7. The molecule has 0 aliphatic rings. The zero-order valence-corrected chi connectivity index (χ0v) is 11.8. The van der Waals surface area contributed by atoms with E-state index in [2.05, 4.69) is 5.32 Å². The molecule has 0 aromatic heterocycles. The Kier molecular flexibility index (Phi) is 5.64. The number of nitro benzene ring substituents is 1. The van der Waals surface area contributed by atoms with Crippen LogP contribution in [0.5, 0.6) is 0 Å². The fourth-order valence-electron chi connectivity index (χ4n) is 1.90. The van der Waals surface area contributed by atoms with Crippen molar-refractivity contribution in [3.8, 4) is 0 Å². The highest BCUT2D eigenvalue weighted by atomic mass is 16.6. The van der Waals surface area contributed by atoms with Crippen LogP contribution in [0.25, 0.3) is 0 Å². The summed E-state index contributed by atoms with van der Waals surface area (Å²) in [5, 5.41) is 23.1. The summed E-state index contributed by atoms with van der Waals surface area (Å²) in [7, 11) is 0. The number of amides is 1. The van der Waals surface area contributed by atoms with Crippen LogP contribution in [0.15, 0.2) is 24.3 Å². The van der Waals surface area contributed by atoms with Crippen LogP contribution >= 0.6 is 0 Å². The highest BCUT2D eigenvalue weighted by molar-refractivity contribution is 5.78. The number of rotatable bonds is 7. The van der Waals surface area contributed by atoms with E-state index >= 15 is 0 Å². The Morgan fingerprint density at radius 1 is 1.40 bits per heavy atom. The summed E-state index contributed by atoms with van der Waals surface area (Å²) < 4.78 is 0. The fourth-order valence-corrected chi connectivity index (χ4v) is 1.90.